The van der Waals surface area contributed by atoms with Crippen molar-refractivity contribution in [2.75, 3.05) is 12.9 Å². The summed E-state index contributed by atoms with van der Waals surface area (Å²) in [5.74, 6) is -0.488. The number of aliphatic hydroxyl groups is 1. The number of hydrogen-bond donors (Lipinski definition) is 1. The lowest BCUT2D eigenvalue weighted by Crippen LogP contribution is -2.62. The second kappa shape index (κ2) is 9.68. The minimum atomic E-state index is -3.75. The van der Waals surface area contributed by atoms with Gasteiger partial charge >= 0.3 is 0 Å². The van der Waals surface area contributed by atoms with Gasteiger partial charge in [-0.2, -0.15) is 8.42 Å². The topological polar surface area (TPSA) is 147 Å². The maximum atomic E-state index is 12.7. The number of carbonyl (C=O) groups is 3. The number of ether oxygens (including phenoxy) is 1. The highest BCUT2D eigenvalue weighted by Gasteiger charge is 2.70. The Balaban J connectivity index is 0.000000538. The van der Waals surface area contributed by atoms with E-state index in [9.17, 15) is 33.0 Å². The maximum Gasteiger partial charge on any atom is 0.264 e. The Bertz CT molecular complexity index is 1090. The summed E-state index contributed by atoms with van der Waals surface area (Å²) < 4.78 is 33.9. The van der Waals surface area contributed by atoms with E-state index in [0.29, 0.717) is 0 Å². The monoisotopic (exact) mass is 525 g/mol. The zero-order valence-corrected chi connectivity index (χ0v) is 22.6. The number of Topliss-reactive ketones (excluding diaryl/α,β-unsaturated/α-hetero) is 1. The zero-order valence-electron chi connectivity index (χ0n) is 21.8. The van der Waals surface area contributed by atoms with Crippen LogP contribution in [0.15, 0.2) is 23.8 Å². The summed E-state index contributed by atoms with van der Waals surface area (Å²) in [7, 11) is -3.75. The van der Waals surface area contributed by atoms with Gasteiger partial charge in [0, 0.05) is 23.4 Å². The molecule has 9 nitrogen and oxygen atoms in total. The lowest BCUT2D eigenvalue weighted by atomic mass is 9.46. The van der Waals surface area contributed by atoms with E-state index < -0.39 is 38.8 Å². The SMILES string of the molecule is CC(=O)[C@@]1(O)[C@@H](C)C[C@H]2[C@@H]3CCC4=CC(=O)C=C[C@]4(C)[C@H]3[C@H](OS(C)(=O)=O)C[C@@]21C.CCOC(=O)[O-]. The quantitative estimate of drug-likeness (QED) is 0.431. The van der Waals surface area contributed by atoms with Gasteiger partial charge < -0.3 is 19.7 Å². The average Bonchev–Trinajstić information content (AvgIpc) is 2.94. The highest BCUT2D eigenvalue weighted by molar-refractivity contribution is 7.86. The van der Waals surface area contributed by atoms with Gasteiger partial charge in [-0.05, 0) is 69.4 Å². The molecule has 0 aromatic rings. The summed E-state index contributed by atoms with van der Waals surface area (Å²) in [6.45, 7) is 9.10. The van der Waals surface area contributed by atoms with Crippen molar-refractivity contribution in [3.63, 3.8) is 0 Å². The summed E-state index contributed by atoms with van der Waals surface area (Å²) >= 11 is 0. The third kappa shape index (κ3) is 4.67. The molecule has 0 bridgehead atoms. The van der Waals surface area contributed by atoms with E-state index in [4.69, 9.17) is 4.18 Å². The fourth-order valence-corrected chi connectivity index (χ4v) is 8.44. The Kier molecular flexibility index (Phi) is 7.68. The van der Waals surface area contributed by atoms with Crippen LogP contribution in [0.4, 0.5) is 4.79 Å². The van der Waals surface area contributed by atoms with E-state index in [1.807, 2.05) is 19.9 Å². The first kappa shape index (κ1) is 28.5. The van der Waals surface area contributed by atoms with Gasteiger partial charge in [-0.1, -0.05) is 32.4 Å². The van der Waals surface area contributed by atoms with Crippen molar-refractivity contribution in [2.45, 2.75) is 72.0 Å². The average molecular weight is 526 g/mol. The summed E-state index contributed by atoms with van der Waals surface area (Å²) in [6, 6.07) is 0. The molecule has 4 aliphatic carbocycles. The van der Waals surface area contributed by atoms with E-state index in [2.05, 4.69) is 11.7 Å². The first-order chi connectivity index (χ1) is 16.5. The van der Waals surface area contributed by atoms with Crippen LogP contribution >= 0.6 is 0 Å². The number of rotatable bonds is 4. The predicted octanol–water partition coefficient (Wildman–Crippen LogP) is 2.18. The van der Waals surface area contributed by atoms with Gasteiger partial charge in [0.2, 0.25) is 0 Å². The van der Waals surface area contributed by atoms with E-state index in [1.54, 1.807) is 19.1 Å². The van der Waals surface area contributed by atoms with E-state index in [1.165, 1.54) is 6.92 Å². The summed E-state index contributed by atoms with van der Waals surface area (Å²) in [6.07, 6.45) is 6.63. The number of fused-ring (bicyclic) bond motifs is 5. The highest BCUT2D eigenvalue weighted by atomic mass is 32.2. The second-order valence-corrected chi connectivity index (χ2v) is 12.7. The molecule has 1 N–H and O–H groups in total. The minimum absolute atomic E-state index is 0.0393. The molecule has 3 saturated carbocycles. The van der Waals surface area contributed by atoms with Gasteiger partial charge in [-0.3, -0.25) is 13.8 Å². The molecule has 0 aliphatic heterocycles. The maximum absolute atomic E-state index is 12.7. The van der Waals surface area contributed by atoms with Crippen molar-refractivity contribution in [3.05, 3.63) is 23.8 Å². The van der Waals surface area contributed by atoms with E-state index in [0.717, 1.165) is 31.1 Å². The van der Waals surface area contributed by atoms with Gasteiger partial charge in [-0.25, -0.2) is 0 Å². The number of allylic oxidation sites excluding steroid dienone is 4. The van der Waals surface area contributed by atoms with Crippen LogP contribution in [0.3, 0.4) is 0 Å². The molecule has 3 fully saturated rings. The fraction of sp³-hybridized carbons (Fsp3) is 0.731. The van der Waals surface area contributed by atoms with Crippen LogP contribution in [0.2, 0.25) is 0 Å². The molecule has 0 saturated heterocycles. The smallest absolute Gasteiger partial charge is 0.264 e. The van der Waals surface area contributed by atoms with Gasteiger partial charge in [0.25, 0.3) is 16.3 Å². The van der Waals surface area contributed by atoms with E-state index >= 15 is 0 Å². The van der Waals surface area contributed by atoms with Gasteiger partial charge in [-0.15, -0.1) is 0 Å². The molecule has 202 valence electrons. The molecule has 0 spiro atoms. The van der Waals surface area contributed by atoms with Gasteiger partial charge in [0.05, 0.1) is 12.4 Å². The summed E-state index contributed by atoms with van der Waals surface area (Å²) in [5.41, 5.74) is -1.72. The van der Waals surface area contributed by atoms with Crippen molar-refractivity contribution in [1.82, 2.24) is 0 Å². The molecule has 0 heterocycles. The third-order valence-corrected chi connectivity index (χ3v) is 9.75. The van der Waals surface area contributed by atoms with Crippen LogP contribution in [0, 0.1) is 34.5 Å². The van der Waals surface area contributed by atoms with Crippen LogP contribution in [0.1, 0.15) is 60.3 Å². The molecule has 0 unspecified atom stereocenters. The minimum Gasteiger partial charge on any atom is -0.550 e. The Morgan fingerprint density at radius 2 is 1.92 bits per heavy atom. The molecule has 0 aromatic carbocycles. The van der Waals surface area contributed by atoms with Crippen molar-refractivity contribution >= 4 is 27.8 Å². The Morgan fingerprint density at radius 3 is 2.42 bits per heavy atom. The Morgan fingerprint density at radius 1 is 1.28 bits per heavy atom. The first-order valence-electron chi connectivity index (χ1n) is 12.4. The molecular formula is C26H37O9S-. The first-order valence-corrected chi connectivity index (χ1v) is 14.2. The van der Waals surface area contributed by atoms with Crippen molar-refractivity contribution in [1.29, 1.82) is 0 Å². The number of carboxylic acid groups (broad SMARTS) is 1. The molecule has 4 rings (SSSR count). The highest BCUT2D eigenvalue weighted by Crippen LogP contribution is 2.68. The standard InChI is InChI=1S/C23H32O6S.C3H6O3/c1-13-10-18-17-7-6-15-11-16(25)8-9-21(15,3)20(17)19(29-30(5,27)28)12-22(18,4)23(13,26)14(2)24;1-2-6-3(4)5/h8-9,11,13,17-20,26H,6-7,10,12H2,1-5H3;2H2,1H3,(H,4,5)/p-1/t13-,17-,18-,19+,20+,21-,22-,23-;/m0./s1. The largest absolute Gasteiger partial charge is 0.550 e. The molecular weight excluding hydrogens is 488 g/mol. The lowest BCUT2D eigenvalue weighted by molar-refractivity contribution is -0.282. The molecule has 10 heteroatoms. The molecule has 36 heavy (non-hydrogen) atoms. The molecule has 0 amide bonds. The third-order valence-electron chi connectivity index (χ3n) is 9.15. The number of hydrogen-bond acceptors (Lipinski definition) is 9. The summed E-state index contributed by atoms with van der Waals surface area (Å²) in [4.78, 5) is 33.9. The molecule has 0 aromatic heterocycles. The summed E-state index contributed by atoms with van der Waals surface area (Å²) in [5, 5.41) is 20.9. The molecule has 4 aliphatic rings. The Labute approximate surface area is 213 Å². The zero-order chi connectivity index (χ0) is 27.3. The fourth-order valence-electron chi connectivity index (χ4n) is 7.81. The van der Waals surface area contributed by atoms with Crippen molar-refractivity contribution < 1.29 is 41.9 Å². The lowest BCUT2D eigenvalue weighted by Gasteiger charge is -2.60. The second-order valence-electron chi connectivity index (χ2n) is 11.1. The molecule has 0 radical (unpaired) electrons. The normalized spacial score (nSPS) is 41.1. The van der Waals surface area contributed by atoms with Crippen molar-refractivity contribution in [2.24, 2.45) is 34.5 Å². The number of carbonyl (C=O) groups excluding carboxylic acids is 3. The van der Waals surface area contributed by atoms with Crippen molar-refractivity contribution in [3.8, 4) is 0 Å². The van der Waals surface area contributed by atoms with Gasteiger partial charge in [0.15, 0.2) is 11.6 Å². The van der Waals surface area contributed by atoms with Crippen LogP contribution in [0.25, 0.3) is 0 Å². The van der Waals surface area contributed by atoms with E-state index in [-0.39, 0.29) is 48.3 Å². The number of ketones is 2. The van der Waals surface area contributed by atoms with Crippen LogP contribution < -0.4 is 5.11 Å². The van der Waals surface area contributed by atoms with Gasteiger partial charge in [0.1, 0.15) is 5.60 Å². The van der Waals surface area contributed by atoms with Crippen LogP contribution in [0.5, 0.6) is 0 Å². The predicted molar refractivity (Wildman–Crippen MR) is 129 cm³/mol. The van der Waals surface area contributed by atoms with Crippen LogP contribution in [-0.2, 0) is 28.6 Å². The molecule has 8 atom stereocenters. The van der Waals surface area contributed by atoms with Crippen LogP contribution in [-0.4, -0.2) is 55.8 Å². The Hall–Kier alpha value is -2.04.